The summed E-state index contributed by atoms with van der Waals surface area (Å²) < 4.78 is 3.66. The quantitative estimate of drug-likeness (QED) is 0.729. The van der Waals surface area contributed by atoms with Crippen LogP contribution in [0.2, 0.25) is 0 Å². The second kappa shape index (κ2) is 6.41. The zero-order valence-electron chi connectivity index (χ0n) is 13.7. The van der Waals surface area contributed by atoms with E-state index in [1.54, 1.807) is 17.2 Å². The molecule has 0 aromatic carbocycles. The normalized spacial score (nSPS) is 14.4. The van der Waals surface area contributed by atoms with E-state index in [1.807, 2.05) is 22.8 Å². The first-order valence-electron chi connectivity index (χ1n) is 8.25. The van der Waals surface area contributed by atoms with Crippen LogP contribution < -0.4 is 5.73 Å². The molecule has 3 heterocycles. The lowest BCUT2D eigenvalue weighted by Crippen LogP contribution is -2.14. The number of aromatic nitrogens is 5. The van der Waals surface area contributed by atoms with E-state index in [-0.39, 0.29) is 12.3 Å². The minimum atomic E-state index is -0.337. The molecule has 3 aromatic rings. The predicted octanol–water partition coefficient (Wildman–Crippen LogP) is 2.59. The summed E-state index contributed by atoms with van der Waals surface area (Å²) in [6, 6.07) is 1.98. The van der Waals surface area contributed by atoms with E-state index in [2.05, 4.69) is 24.5 Å². The number of primary amides is 1. The predicted molar refractivity (Wildman–Crippen MR) is 99.4 cm³/mol. The topological polar surface area (TPSA) is 91.6 Å². The van der Waals surface area contributed by atoms with Gasteiger partial charge in [0.25, 0.3) is 0 Å². The van der Waals surface area contributed by atoms with Gasteiger partial charge in [0.2, 0.25) is 5.91 Å². The molecule has 2 N–H and O–H groups in total. The van der Waals surface area contributed by atoms with Crippen LogP contribution in [0.1, 0.15) is 32.1 Å². The molecule has 0 radical (unpaired) electrons. The molecule has 1 aliphatic carbocycles. The molecule has 3 aromatic heterocycles. The third-order valence-electron chi connectivity index (χ3n) is 4.60. The first-order valence-corrected chi connectivity index (χ1v) is 8.77. The summed E-state index contributed by atoms with van der Waals surface area (Å²) in [5, 5.41) is 5.44. The minimum absolute atomic E-state index is 0.206. The highest BCUT2D eigenvalue weighted by atomic mass is 31.0. The number of nitrogens with zero attached hydrogens (tertiary/aromatic N) is 5. The molecular weight excluding hydrogens is 335 g/mol. The highest BCUT2D eigenvalue weighted by molar-refractivity contribution is 7.14. The van der Waals surface area contributed by atoms with Gasteiger partial charge in [-0.15, -0.1) is 0 Å². The number of hydrogen-bond acceptors (Lipinski definition) is 4. The van der Waals surface area contributed by atoms with E-state index < -0.39 is 0 Å². The fourth-order valence-corrected chi connectivity index (χ4v) is 3.71. The van der Waals surface area contributed by atoms with Crippen LogP contribution in [0.5, 0.6) is 0 Å². The van der Waals surface area contributed by atoms with Crippen LogP contribution in [0.15, 0.2) is 36.6 Å². The summed E-state index contributed by atoms with van der Waals surface area (Å²) in [5.74, 6) is -0.337. The van der Waals surface area contributed by atoms with E-state index in [1.165, 1.54) is 5.57 Å². The Morgan fingerprint density at radius 3 is 2.84 bits per heavy atom. The number of allylic oxidation sites excluding steroid dienone is 1. The second-order valence-corrected chi connectivity index (χ2v) is 6.81. The summed E-state index contributed by atoms with van der Waals surface area (Å²) in [6.45, 7) is 0. The van der Waals surface area contributed by atoms with Crippen molar-refractivity contribution in [2.75, 3.05) is 0 Å². The molecule has 1 aliphatic rings. The van der Waals surface area contributed by atoms with E-state index in [4.69, 9.17) is 5.73 Å². The maximum Gasteiger partial charge on any atom is 0.223 e. The monoisotopic (exact) mass is 354 g/mol. The summed E-state index contributed by atoms with van der Waals surface area (Å²) in [5.41, 5.74) is 10.2. The maximum atomic E-state index is 11.5. The Balaban J connectivity index is 1.78. The average Bonchev–Trinajstić information content (AvgIpc) is 3.34. The molecule has 0 spiro atoms. The van der Waals surface area contributed by atoms with Crippen LogP contribution in [0.3, 0.4) is 0 Å². The van der Waals surface area contributed by atoms with Gasteiger partial charge in [0.15, 0.2) is 0 Å². The molecule has 7 nitrogen and oxygen atoms in total. The number of nitrogens with two attached hydrogens (primary N) is 1. The van der Waals surface area contributed by atoms with Crippen molar-refractivity contribution in [3.05, 3.63) is 36.6 Å². The highest BCUT2D eigenvalue weighted by Gasteiger charge is 2.18. The molecule has 1 amide bonds. The minimum Gasteiger partial charge on any atom is -0.369 e. The molecule has 128 valence electrons. The Morgan fingerprint density at radius 2 is 2.08 bits per heavy atom. The fraction of sp³-hybridized carbons (Fsp3) is 0.294. The van der Waals surface area contributed by atoms with Crippen LogP contribution in [0.4, 0.5) is 0 Å². The second-order valence-electron chi connectivity index (χ2n) is 6.26. The van der Waals surface area contributed by atoms with Gasteiger partial charge in [0.05, 0.1) is 24.0 Å². The van der Waals surface area contributed by atoms with Gasteiger partial charge in [-0.3, -0.25) is 4.79 Å². The van der Waals surface area contributed by atoms with Gasteiger partial charge in [-0.05, 0) is 46.7 Å². The molecule has 1 atom stereocenters. The van der Waals surface area contributed by atoms with Gasteiger partial charge in [-0.2, -0.15) is 5.10 Å². The van der Waals surface area contributed by atoms with Gasteiger partial charge in [-0.1, -0.05) is 0 Å². The van der Waals surface area contributed by atoms with E-state index in [0.29, 0.717) is 0 Å². The van der Waals surface area contributed by atoms with Crippen LogP contribution in [0.25, 0.3) is 28.0 Å². The van der Waals surface area contributed by atoms with Crippen molar-refractivity contribution in [1.82, 2.24) is 24.1 Å². The van der Waals surface area contributed by atoms with Crippen molar-refractivity contribution in [3.8, 4) is 11.3 Å². The average molecular weight is 354 g/mol. The number of carbonyl (C=O) groups excluding carboxylic acids is 1. The molecule has 1 saturated carbocycles. The van der Waals surface area contributed by atoms with Crippen LogP contribution >= 0.6 is 9.39 Å². The zero-order valence-corrected chi connectivity index (χ0v) is 14.9. The Kier molecular flexibility index (Phi) is 4.09. The smallest absolute Gasteiger partial charge is 0.223 e. The van der Waals surface area contributed by atoms with E-state index >= 15 is 0 Å². The highest BCUT2D eigenvalue weighted by Crippen LogP contribution is 2.32. The van der Waals surface area contributed by atoms with Crippen LogP contribution in [-0.4, -0.2) is 30.0 Å². The van der Waals surface area contributed by atoms with Crippen molar-refractivity contribution in [3.63, 3.8) is 0 Å². The Morgan fingerprint density at radius 1 is 1.28 bits per heavy atom. The van der Waals surface area contributed by atoms with Crippen LogP contribution in [-0.2, 0) is 4.79 Å². The van der Waals surface area contributed by atoms with Crippen molar-refractivity contribution in [2.45, 2.75) is 32.1 Å². The third-order valence-corrected chi connectivity index (χ3v) is 5.02. The number of carbonyl (C=O) groups is 1. The summed E-state index contributed by atoms with van der Waals surface area (Å²) in [6.07, 6.45) is 11.7. The van der Waals surface area contributed by atoms with Gasteiger partial charge in [0, 0.05) is 23.3 Å². The van der Waals surface area contributed by atoms with Gasteiger partial charge in [-0.25, -0.2) is 14.6 Å². The zero-order chi connectivity index (χ0) is 17.4. The lowest BCUT2D eigenvalue weighted by Gasteiger charge is -2.10. The number of rotatable bonds is 4. The van der Waals surface area contributed by atoms with Crippen molar-refractivity contribution >= 4 is 32.0 Å². The van der Waals surface area contributed by atoms with Crippen LogP contribution in [0, 0.1) is 0 Å². The fourth-order valence-electron chi connectivity index (χ4n) is 3.42. The Labute approximate surface area is 147 Å². The van der Waals surface area contributed by atoms with Gasteiger partial charge in [0.1, 0.15) is 12.0 Å². The third kappa shape index (κ3) is 2.96. The first kappa shape index (κ1) is 16.0. The molecular formula is C17H19N6OP. The maximum absolute atomic E-state index is 11.5. The molecule has 8 heteroatoms. The number of hydrogen-bond donors (Lipinski definition) is 1. The lowest BCUT2D eigenvalue weighted by molar-refractivity contribution is -0.117. The summed E-state index contributed by atoms with van der Waals surface area (Å²) >= 11 is 0. The Bertz CT molecular complexity index is 978. The largest absolute Gasteiger partial charge is 0.369 e. The molecule has 25 heavy (non-hydrogen) atoms. The van der Waals surface area contributed by atoms with Crippen molar-refractivity contribution < 1.29 is 4.79 Å². The number of amides is 1. The summed E-state index contributed by atoms with van der Waals surface area (Å²) in [4.78, 5) is 20.2. The molecule has 0 aliphatic heterocycles. The molecule has 4 rings (SSSR count). The standard InChI is InChI=1S/C17H19N6OP/c18-15(24)7-14(11-3-1-2-4-11)22-9-12(8-21-22)16-13-5-6-23(25)17(13)20-10-19-16/h5-6,8-10H,1-4,7,25H2,(H2,18,24). The first-order chi connectivity index (χ1) is 12.1. The number of fused-ring (bicyclic) bond motifs is 1. The van der Waals surface area contributed by atoms with Crippen molar-refractivity contribution in [1.29, 1.82) is 0 Å². The lowest BCUT2D eigenvalue weighted by atomic mass is 10.1. The van der Waals surface area contributed by atoms with E-state index in [9.17, 15) is 4.79 Å². The molecule has 0 bridgehead atoms. The molecule has 1 fully saturated rings. The molecule has 0 saturated heterocycles. The van der Waals surface area contributed by atoms with E-state index in [0.717, 1.165) is 53.7 Å². The van der Waals surface area contributed by atoms with Crippen molar-refractivity contribution in [2.24, 2.45) is 5.73 Å². The SMILES string of the molecule is NC(=O)CC(=C1CCCC1)n1cc(-c2ncnc3c2ccn3P)cn1. The molecule has 1 unspecified atom stereocenters. The Hall–Kier alpha value is -2.53. The summed E-state index contributed by atoms with van der Waals surface area (Å²) in [7, 11) is 2.61. The van der Waals surface area contributed by atoms with Gasteiger partial charge >= 0.3 is 0 Å². The van der Waals surface area contributed by atoms with Gasteiger partial charge < -0.3 is 10.1 Å².